The van der Waals surface area contributed by atoms with E-state index in [0.29, 0.717) is 0 Å². The van der Waals surface area contributed by atoms with Gasteiger partial charge in [0, 0.05) is 47.2 Å². The van der Waals surface area contributed by atoms with Crippen molar-refractivity contribution in [3.63, 3.8) is 0 Å². The van der Waals surface area contributed by atoms with E-state index in [1.807, 2.05) is 28.7 Å². The number of carboxylic acids is 1. The van der Waals surface area contributed by atoms with E-state index in [9.17, 15) is 15.2 Å². The third-order valence-corrected chi connectivity index (χ3v) is 15.2. The lowest BCUT2D eigenvalue weighted by Crippen LogP contribution is -2.17. The predicted octanol–water partition coefficient (Wildman–Crippen LogP) is 15.5. The number of para-hydroxylation sites is 1. The highest BCUT2D eigenvalue weighted by atomic mass is 32.1. The van der Waals surface area contributed by atoms with Crippen LogP contribution in [0.15, 0.2) is 66.2 Å². The Labute approximate surface area is 353 Å². The van der Waals surface area contributed by atoms with Crippen molar-refractivity contribution in [2.75, 3.05) is 11.4 Å². The van der Waals surface area contributed by atoms with Crippen molar-refractivity contribution in [3.8, 4) is 36.0 Å². The highest BCUT2D eigenvalue weighted by molar-refractivity contribution is 7.27. The molecule has 0 unspecified atom stereocenters. The van der Waals surface area contributed by atoms with Gasteiger partial charge in [-0.2, -0.15) is 5.26 Å². The number of carbonyl (C=O) groups is 1. The molecule has 1 aliphatic heterocycles. The number of carboxylic acid groups (broad SMARTS) is 1. The molecule has 0 saturated carbocycles. The number of benzene rings is 2. The van der Waals surface area contributed by atoms with Crippen LogP contribution < -0.4 is 4.90 Å². The lowest BCUT2D eigenvalue weighted by Gasteiger charge is -2.25. The van der Waals surface area contributed by atoms with Crippen molar-refractivity contribution in [1.29, 1.82) is 5.26 Å². The number of unbranched alkanes of at least 4 members (excludes halogenated alkanes) is 9. The normalized spacial score (nSPS) is 12.7. The summed E-state index contributed by atoms with van der Waals surface area (Å²) in [5, 5.41) is 19.4. The number of thiophene rings is 3. The molecule has 2 aromatic carbocycles. The third kappa shape index (κ3) is 10.6. The lowest BCUT2D eigenvalue weighted by atomic mass is 10.0. The quantitative estimate of drug-likeness (QED) is 0.0455. The first-order valence-corrected chi connectivity index (χ1v) is 24.1. The SMILES string of the molecule is CCCCCCc1cc(-c2sc(-c3sc(-c4ccc5c(c4)CCc4ccccc4N5CC)cc3CCCCCC)cc2CCCCCC)sc1/C=C(\C#N)C(=O)O. The van der Waals surface area contributed by atoms with Crippen molar-refractivity contribution in [1.82, 2.24) is 0 Å². The van der Waals surface area contributed by atoms with Crippen molar-refractivity contribution in [2.45, 2.75) is 137 Å². The molecule has 5 aromatic rings. The lowest BCUT2D eigenvalue weighted by molar-refractivity contribution is -0.132. The Morgan fingerprint density at radius 1 is 0.667 bits per heavy atom. The number of nitrogens with zero attached hydrogens (tertiary/aromatic N) is 2. The summed E-state index contributed by atoms with van der Waals surface area (Å²) in [5.41, 5.74) is 10.6. The first kappa shape index (κ1) is 42.6. The van der Waals surface area contributed by atoms with Crippen LogP contribution in [0.3, 0.4) is 0 Å². The van der Waals surface area contributed by atoms with Gasteiger partial charge in [-0.3, -0.25) is 0 Å². The molecule has 0 aliphatic carbocycles. The van der Waals surface area contributed by atoms with Gasteiger partial charge in [0.15, 0.2) is 0 Å². The van der Waals surface area contributed by atoms with Crippen LogP contribution in [0.4, 0.5) is 11.4 Å². The van der Waals surface area contributed by atoms with E-state index in [1.54, 1.807) is 17.4 Å². The van der Waals surface area contributed by atoms with Gasteiger partial charge in [-0.25, -0.2) is 4.79 Å². The summed E-state index contributed by atoms with van der Waals surface area (Å²) < 4.78 is 0. The van der Waals surface area contributed by atoms with Gasteiger partial charge in [0.1, 0.15) is 11.6 Å². The van der Waals surface area contributed by atoms with Crippen LogP contribution in [0.1, 0.15) is 137 Å². The Morgan fingerprint density at radius 3 is 1.82 bits per heavy atom. The van der Waals surface area contributed by atoms with Crippen molar-refractivity contribution >= 4 is 57.4 Å². The number of hydrogen-bond acceptors (Lipinski definition) is 6. The number of aryl methyl sites for hydroxylation is 5. The molecule has 7 heteroatoms. The molecule has 300 valence electrons. The van der Waals surface area contributed by atoms with Gasteiger partial charge >= 0.3 is 5.97 Å². The minimum absolute atomic E-state index is 0.201. The predicted molar refractivity (Wildman–Crippen MR) is 248 cm³/mol. The van der Waals surface area contributed by atoms with E-state index < -0.39 is 5.97 Å². The van der Waals surface area contributed by atoms with Crippen molar-refractivity contribution in [2.24, 2.45) is 0 Å². The molecule has 0 spiro atoms. The van der Waals surface area contributed by atoms with E-state index in [-0.39, 0.29) is 5.57 Å². The van der Waals surface area contributed by atoms with E-state index in [4.69, 9.17) is 0 Å². The molecule has 0 radical (unpaired) electrons. The van der Waals surface area contributed by atoms with Crippen LogP contribution in [-0.4, -0.2) is 17.6 Å². The van der Waals surface area contributed by atoms with E-state index in [1.165, 1.54) is 121 Å². The summed E-state index contributed by atoms with van der Waals surface area (Å²) in [7, 11) is 0. The van der Waals surface area contributed by atoms with Crippen molar-refractivity contribution < 1.29 is 9.90 Å². The van der Waals surface area contributed by atoms with E-state index in [0.717, 1.165) is 68.4 Å². The van der Waals surface area contributed by atoms with E-state index >= 15 is 0 Å². The smallest absolute Gasteiger partial charge is 0.346 e. The summed E-state index contributed by atoms with van der Waals surface area (Å²) in [5.74, 6) is -1.17. The fourth-order valence-corrected chi connectivity index (χ4v) is 12.0. The molecule has 3 aromatic heterocycles. The molecule has 1 aliphatic rings. The third-order valence-electron chi connectivity index (χ3n) is 11.3. The highest BCUT2D eigenvalue weighted by Gasteiger charge is 2.23. The number of hydrogen-bond donors (Lipinski definition) is 1. The maximum Gasteiger partial charge on any atom is 0.346 e. The number of fused-ring (bicyclic) bond motifs is 2. The molecule has 0 fully saturated rings. The van der Waals surface area contributed by atoms with Crippen molar-refractivity contribution in [3.05, 3.63) is 98.9 Å². The largest absolute Gasteiger partial charge is 0.477 e. The molecule has 0 bridgehead atoms. The molecular weight excluding hydrogens is 757 g/mol. The number of rotatable bonds is 21. The van der Waals surface area contributed by atoms with Gasteiger partial charge in [0.05, 0.1) is 0 Å². The number of nitriles is 1. The number of anilines is 2. The Kier molecular flexibility index (Phi) is 15.8. The molecule has 4 nitrogen and oxygen atoms in total. The standard InChI is InChI=1S/C50H60N2O2S3/c1-5-9-12-15-21-37-30-46(55-44(37)33-41(34-51)50(53)54)48-40(23-17-14-11-7-3)32-47(57-48)49-39(22-16-13-10-6-2)31-45(56-49)38-27-28-43-36(29-38)26-25-35-20-18-19-24-42(35)52(43)8-4/h18-20,24,27-33H,5-17,21-23,25-26H2,1-4H3,(H,53,54)/b41-33+. The molecule has 57 heavy (non-hydrogen) atoms. The molecular formula is C50H60N2O2S3. The second kappa shape index (κ2) is 21.2. The van der Waals surface area contributed by atoms with Gasteiger partial charge in [-0.1, -0.05) is 103 Å². The molecule has 0 saturated heterocycles. The fraction of sp³-hybridized carbons (Fsp3) is 0.440. The second-order valence-electron chi connectivity index (χ2n) is 15.6. The average molecular weight is 817 g/mol. The van der Waals surface area contributed by atoms with Gasteiger partial charge < -0.3 is 10.0 Å². The fourth-order valence-electron chi connectivity index (χ4n) is 8.20. The zero-order valence-corrected chi connectivity index (χ0v) is 37.0. The Hall–Kier alpha value is -3.96. The van der Waals surface area contributed by atoms with Gasteiger partial charge in [-0.15, -0.1) is 34.0 Å². The van der Waals surface area contributed by atoms with Crippen LogP contribution in [0.25, 0.3) is 36.0 Å². The summed E-state index contributed by atoms with van der Waals surface area (Å²) in [6.07, 6.45) is 21.0. The molecule has 1 N–H and O–H groups in total. The average Bonchev–Trinajstić information content (AvgIpc) is 3.93. The minimum Gasteiger partial charge on any atom is -0.477 e. The van der Waals surface area contributed by atoms with Gasteiger partial charge in [0.25, 0.3) is 0 Å². The maximum absolute atomic E-state index is 11.9. The summed E-state index contributed by atoms with van der Waals surface area (Å²) in [6, 6.07) is 25.3. The zero-order chi connectivity index (χ0) is 40.1. The van der Waals surface area contributed by atoms with Crippen LogP contribution in [0.2, 0.25) is 0 Å². The Balaban J connectivity index is 1.41. The highest BCUT2D eigenvalue weighted by Crippen LogP contribution is 2.48. The molecule has 0 atom stereocenters. The van der Waals surface area contributed by atoms with E-state index in [2.05, 4.69) is 93.3 Å². The molecule has 0 amide bonds. The van der Waals surface area contributed by atoms with Crippen LogP contribution >= 0.6 is 34.0 Å². The molecule has 6 rings (SSSR count). The minimum atomic E-state index is -1.17. The van der Waals surface area contributed by atoms with Crippen LogP contribution in [0, 0.1) is 11.3 Å². The Morgan fingerprint density at radius 2 is 1.21 bits per heavy atom. The topological polar surface area (TPSA) is 64.3 Å². The van der Waals surface area contributed by atoms with Gasteiger partial charge in [0.2, 0.25) is 0 Å². The summed E-state index contributed by atoms with van der Waals surface area (Å²) in [4.78, 5) is 21.9. The first-order valence-electron chi connectivity index (χ1n) is 21.6. The van der Waals surface area contributed by atoms with Gasteiger partial charge in [-0.05, 0) is 134 Å². The zero-order valence-electron chi connectivity index (χ0n) is 34.6. The maximum atomic E-state index is 11.9. The second-order valence-corrected chi connectivity index (χ2v) is 18.7. The summed E-state index contributed by atoms with van der Waals surface area (Å²) >= 11 is 5.53. The summed E-state index contributed by atoms with van der Waals surface area (Å²) in [6.45, 7) is 9.97. The monoisotopic (exact) mass is 816 g/mol. The number of aliphatic carboxylic acids is 1. The van der Waals surface area contributed by atoms with Crippen LogP contribution in [-0.2, 0) is 36.9 Å². The van der Waals surface area contributed by atoms with Crippen LogP contribution in [0.5, 0.6) is 0 Å². The first-order chi connectivity index (χ1) is 27.9. The Bertz CT molecular complexity index is 2180. The molecule has 4 heterocycles.